The Bertz CT molecular complexity index is 546. The number of rotatable bonds is 2. The van der Waals surface area contributed by atoms with Gasteiger partial charge in [-0.1, -0.05) is 0 Å². The van der Waals surface area contributed by atoms with E-state index in [0.717, 1.165) is 13.1 Å². The van der Waals surface area contributed by atoms with Crippen molar-refractivity contribution in [2.24, 2.45) is 0 Å². The second-order valence-corrected chi connectivity index (χ2v) is 6.63. The van der Waals surface area contributed by atoms with Crippen LogP contribution in [-0.2, 0) is 4.74 Å². The van der Waals surface area contributed by atoms with Crippen molar-refractivity contribution in [2.75, 3.05) is 19.6 Å². The fourth-order valence-corrected chi connectivity index (χ4v) is 2.39. The normalized spacial score (nSPS) is 18.9. The maximum atomic E-state index is 12.5. The number of benzene rings is 1. The average Bonchev–Trinajstić information content (AvgIpc) is 2.45. The van der Waals surface area contributed by atoms with E-state index in [9.17, 15) is 9.59 Å². The molecule has 1 N–H and O–H groups in total. The van der Waals surface area contributed by atoms with E-state index in [1.165, 1.54) is 0 Å². The van der Waals surface area contributed by atoms with Gasteiger partial charge in [0.05, 0.1) is 5.56 Å². The first-order chi connectivity index (χ1) is 10.3. The molecule has 1 heterocycles. The molecule has 1 saturated heterocycles. The van der Waals surface area contributed by atoms with Crippen molar-refractivity contribution in [1.82, 2.24) is 10.2 Å². The van der Waals surface area contributed by atoms with Crippen LogP contribution in [0.3, 0.4) is 0 Å². The number of nitrogens with one attached hydrogen (secondary N) is 1. The van der Waals surface area contributed by atoms with Gasteiger partial charge in [0.1, 0.15) is 5.60 Å². The summed E-state index contributed by atoms with van der Waals surface area (Å²) in [6.07, 6.45) is 0. The molecule has 1 fully saturated rings. The number of amides is 1. The summed E-state index contributed by atoms with van der Waals surface area (Å²) in [5.74, 6) is -0.369. The van der Waals surface area contributed by atoms with Gasteiger partial charge in [-0.3, -0.25) is 4.79 Å². The molecule has 0 radical (unpaired) electrons. The van der Waals surface area contributed by atoms with E-state index in [1.807, 2.05) is 32.6 Å². The first-order valence-electron chi connectivity index (χ1n) is 7.63. The number of esters is 1. The molecule has 2 rings (SSSR count). The second-order valence-electron chi connectivity index (χ2n) is 6.63. The van der Waals surface area contributed by atoms with Gasteiger partial charge in [-0.15, -0.1) is 0 Å². The highest BCUT2D eigenvalue weighted by atomic mass is 16.6. The molecule has 1 aromatic rings. The van der Waals surface area contributed by atoms with Crippen molar-refractivity contribution >= 4 is 11.9 Å². The third kappa shape index (κ3) is 4.07. The lowest BCUT2D eigenvalue weighted by atomic mass is 10.1. The SMILES string of the molecule is CC1CNCCN1C(=O)c1ccc(C(=O)OC(C)(C)C)cc1. The van der Waals surface area contributed by atoms with E-state index >= 15 is 0 Å². The molecular weight excluding hydrogens is 280 g/mol. The largest absolute Gasteiger partial charge is 0.456 e. The van der Waals surface area contributed by atoms with E-state index in [0.29, 0.717) is 17.7 Å². The monoisotopic (exact) mass is 304 g/mol. The second kappa shape index (κ2) is 6.48. The number of ether oxygens (including phenoxy) is 1. The summed E-state index contributed by atoms with van der Waals surface area (Å²) in [7, 11) is 0. The average molecular weight is 304 g/mol. The zero-order chi connectivity index (χ0) is 16.3. The number of hydrogen-bond donors (Lipinski definition) is 1. The number of carbonyl (C=O) groups is 2. The number of nitrogens with zero attached hydrogens (tertiary/aromatic N) is 1. The van der Waals surface area contributed by atoms with Crippen molar-refractivity contribution in [3.63, 3.8) is 0 Å². The molecule has 0 aromatic heterocycles. The molecule has 0 bridgehead atoms. The smallest absolute Gasteiger partial charge is 0.338 e. The fraction of sp³-hybridized carbons (Fsp3) is 0.529. The maximum absolute atomic E-state index is 12.5. The summed E-state index contributed by atoms with van der Waals surface area (Å²) in [6.45, 7) is 9.83. The quantitative estimate of drug-likeness (QED) is 0.850. The molecule has 0 saturated carbocycles. The van der Waals surface area contributed by atoms with Gasteiger partial charge in [-0.05, 0) is 52.0 Å². The van der Waals surface area contributed by atoms with E-state index in [4.69, 9.17) is 4.74 Å². The fourth-order valence-electron chi connectivity index (χ4n) is 2.39. The topological polar surface area (TPSA) is 58.6 Å². The Morgan fingerprint density at radius 2 is 1.77 bits per heavy atom. The highest BCUT2D eigenvalue weighted by Gasteiger charge is 2.24. The Kier molecular flexibility index (Phi) is 4.86. The van der Waals surface area contributed by atoms with Crippen LogP contribution in [0.15, 0.2) is 24.3 Å². The van der Waals surface area contributed by atoms with Crippen molar-refractivity contribution in [3.05, 3.63) is 35.4 Å². The lowest BCUT2D eigenvalue weighted by Gasteiger charge is -2.34. The lowest BCUT2D eigenvalue weighted by molar-refractivity contribution is 0.00692. The molecule has 22 heavy (non-hydrogen) atoms. The van der Waals surface area contributed by atoms with Crippen LogP contribution in [0.4, 0.5) is 0 Å². The molecule has 0 spiro atoms. The Morgan fingerprint density at radius 3 is 2.32 bits per heavy atom. The van der Waals surface area contributed by atoms with E-state index in [2.05, 4.69) is 5.32 Å². The minimum absolute atomic E-state index is 0.00439. The van der Waals surface area contributed by atoms with E-state index in [-0.39, 0.29) is 17.9 Å². The summed E-state index contributed by atoms with van der Waals surface area (Å²) in [4.78, 5) is 26.3. The van der Waals surface area contributed by atoms with Gasteiger partial charge in [0, 0.05) is 31.2 Å². The molecule has 1 unspecified atom stereocenters. The third-order valence-corrected chi connectivity index (χ3v) is 3.53. The predicted octanol–water partition coefficient (Wildman–Crippen LogP) is 2.08. The molecular formula is C17H24N2O3. The van der Waals surface area contributed by atoms with Crippen LogP contribution in [0, 0.1) is 0 Å². The molecule has 0 aliphatic carbocycles. The van der Waals surface area contributed by atoms with Crippen molar-refractivity contribution in [1.29, 1.82) is 0 Å². The van der Waals surface area contributed by atoms with Crippen LogP contribution in [0.25, 0.3) is 0 Å². The summed E-state index contributed by atoms with van der Waals surface area (Å²) in [5, 5.41) is 3.26. The minimum Gasteiger partial charge on any atom is -0.456 e. The van der Waals surface area contributed by atoms with Gasteiger partial charge in [-0.25, -0.2) is 4.79 Å². The molecule has 1 amide bonds. The van der Waals surface area contributed by atoms with E-state index < -0.39 is 5.60 Å². The third-order valence-electron chi connectivity index (χ3n) is 3.53. The van der Waals surface area contributed by atoms with Crippen molar-refractivity contribution in [3.8, 4) is 0 Å². The first kappa shape index (κ1) is 16.5. The predicted molar refractivity (Wildman–Crippen MR) is 85.0 cm³/mol. The summed E-state index contributed by atoms with van der Waals surface area (Å²) < 4.78 is 5.31. The summed E-state index contributed by atoms with van der Waals surface area (Å²) >= 11 is 0. The van der Waals surface area contributed by atoms with Gasteiger partial charge in [-0.2, -0.15) is 0 Å². The first-order valence-corrected chi connectivity index (χ1v) is 7.63. The lowest BCUT2D eigenvalue weighted by Crippen LogP contribution is -2.52. The van der Waals surface area contributed by atoms with Crippen molar-refractivity contribution < 1.29 is 14.3 Å². The van der Waals surface area contributed by atoms with Crippen LogP contribution in [0.5, 0.6) is 0 Å². The Labute approximate surface area is 131 Å². The molecule has 1 aliphatic rings. The number of carbonyl (C=O) groups excluding carboxylic acids is 2. The molecule has 120 valence electrons. The summed E-state index contributed by atoms with van der Waals surface area (Å²) in [5.41, 5.74) is 0.530. The number of hydrogen-bond acceptors (Lipinski definition) is 4. The minimum atomic E-state index is -0.526. The van der Waals surface area contributed by atoms with Gasteiger partial charge >= 0.3 is 5.97 Å². The van der Waals surface area contributed by atoms with Crippen LogP contribution in [-0.4, -0.2) is 48.1 Å². The highest BCUT2D eigenvalue weighted by molar-refractivity contribution is 5.96. The van der Waals surface area contributed by atoms with Crippen LogP contribution in [0.2, 0.25) is 0 Å². The van der Waals surface area contributed by atoms with Gasteiger partial charge in [0.25, 0.3) is 5.91 Å². The van der Waals surface area contributed by atoms with Gasteiger partial charge < -0.3 is 15.0 Å². The Hall–Kier alpha value is -1.88. The Morgan fingerprint density at radius 1 is 1.18 bits per heavy atom. The van der Waals surface area contributed by atoms with Crippen LogP contribution >= 0.6 is 0 Å². The zero-order valence-corrected chi connectivity index (χ0v) is 13.7. The molecule has 1 aliphatic heterocycles. The highest BCUT2D eigenvalue weighted by Crippen LogP contribution is 2.15. The van der Waals surface area contributed by atoms with Gasteiger partial charge in [0.15, 0.2) is 0 Å². The molecule has 1 aromatic carbocycles. The standard InChI is InChI=1S/C17H24N2O3/c1-12-11-18-9-10-19(12)15(20)13-5-7-14(8-6-13)16(21)22-17(2,3)4/h5-8,12,18H,9-11H2,1-4H3. The molecule has 5 heteroatoms. The van der Waals surface area contributed by atoms with Crippen molar-refractivity contribution in [2.45, 2.75) is 39.3 Å². The molecule has 5 nitrogen and oxygen atoms in total. The van der Waals surface area contributed by atoms with E-state index in [1.54, 1.807) is 24.3 Å². The maximum Gasteiger partial charge on any atom is 0.338 e. The zero-order valence-electron chi connectivity index (χ0n) is 13.7. The van der Waals surface area contributed by atoms with Crippen LogP contribution < -0.4 is 5.32 Å². The number of piperazine rings is 1. The van der Waals surface area contributed by atoms with Crippen LogP contribution in [0.1, 0.15) is 48.4 Å². The molecule has 1 atom stereocenters. The van der Waals surface area contributed by atoms with Gasteiger partial charge in [0.2, 0.25) is 0 Å². The Balaban J connectivity index is 2.08. The summed E-state index contributed by atoms with van der Waals surface area (Å²) in [6, 6.07) is 6.85.